The van der Waals surface area contributed by atoms with Crippen molar-refractivity contribution in [3.05, 3.63) is 66.0 Å². The summed E-state index contributed by atoms with van der Waals surface area (Å²) in [6.45, 7) is 2.88. The molecule has 0 saturated heterocycles. The molecule has 1 heterocycles. The van der Waals surface area contributed by atoms with Gasteiger partial charge >= 0.3 is 0 Å². The van der Waals surface area contributed by atoms with Crippen LogP contribution in [-0.4, -0.2) is 30.2 Å². The van der Waals surface area contributed by atoms with Gasteiger partial charge in [-0.3, -0.25) is 0 Å². The van der Waals surface area contributed by atoms with Crippen LogP contribution in [-0.2, 0) is 0 Å². The van der Waals surface area contributed by atoms with E-state index in [1.807, 2.05) is 49.4 Å². The van der Waals surface area contributed by atoms with E-state index >= 15 is 0 Å². The van der Waals surface area contributed by atoms with E-state index in [0.29, 0.717) is 41.9 Å². The van der Waals surface area contributed by atoms with E-state index in [1.165, 1.54) is 0 Å². The number of para-hydroxylation sites is 1. The number of benzene rings is 2. The van der Waals surface area contributed by atoms with Gasteiger partial charge in [-0.15, -0.1) is 0 Å². The van der Waals surface area contributed by atoms with Gasteiger partial charge in [-0.05, 0) is 43.3 Å². The maximum absolute atomic E-state index is 9.22. The van der Waals surface area contributed by atoms with Gasteiger partial charge in [-0.1, -0.05) is 12.1 Å². The Morgan fingerprint density at radius 1 is 1.00 bits per heavy atom. The number of nitrogens with zero attached hydrogens (tertiary/aromatic N) is 3. The maximum Gasteiger partial charge on any atom is 0.136 e. The van der Waals surface area contributed by atoms with E-state index in [2.05, 4.69) is 26.7 Å². The quantitative estimate of drug-likeness (QED) is 0.577. The number of hydrogen-bond acceptors (Lipinski definition) is 7. The zero-order valence-electron chi connectivity index (χ0n) is 15.8. The van der Waals surface area contributed by atoms with Crippen molar-refractivity contribution < 1.29 is 9.47 Å². The van der Waals surface area contributed by atoms with Gasteiger partial charge in [-0.25, -0.2) is 9.97 Å². The van der Waals surface area contributed by atoms with Crippen LogP contribution >= 0.6 is 0 Å². The molecule has 7 nitrogen and oxygen atoms in total. The summed E-state index contributed by atoms with van der Waals surface area (Å²) in [4.78, 5) is 8.77. The molecule has 0 bridgehead atoms. The molecule has 0 amide bonds. The summed E-state index contributed by atoms with van der Waals surface area (Å²) in [5, 5.41) is 15.6. The lowest BCUT2D eigenvalue weighted by Gasteiger charge is -2.12. The molecule has 1 aromatic heterocycles. The number of methoxy groups -OCH3 is 1. The molecule has 0 fully saturated rings. The normalized spacial score (nSPS) is 10.0. The molecule has 0 radical (unpaired) electrons. The van der Waals surface area contributed by atoms with E-state index in [-0.39, 0.29) is 0 Å². The molecule has 0 atom stereocenters. The average Bonchev–Trinajstić information content (AvgIpc) is 2.72. The highest BCUT2D eigenvalue weighted by molar-refractivity contribution is 5.65. The predicted octanol–water partition coefficient (Wildman–Crippen LogP) is 3.90. The van der Waals surface area contributed by atoms with Crippen molar-refractivity contribution in [3.8, 4) is 17.6 Å². The third-order valence-electron chi connectivity index (χ3n) is 3.88. The van der Waals surface area contributed by atoms with Crippen molar-refractivity contribution in [2.75, 3.05) is 30.9 Å². The Bertz CT molecular complexity index is 967. The Hall–Kier alpha value is -3.79. The molecule has 0 aliphatic heterocycles. The molecule has 0 saturated carbocycles. The van der Waals surface area contributed by atoms with Gasteiger partial charge in [0, 0.05) is 6.07 Å². The summed E-state index contributed by atoms with van der Waals surface area (Å²) >= 11 is 0. The van der Waals surface area contributed by atoms with Gasteiger partial charge in [-0.2, -0.15) is 5.26 Å². The summed E-state index contributed by atoms with van der Waals surface area (Å²) < 4.78 is 10.8. The maximum atomic E-state index is 9.22. The van der Waals surface area contributed by atoms with Crippen LogP contribution in [0.15, 0.2) is 54.6 Å². The minimum absolute atomic E-state index is 0.482. The molecule has 3 rings (SSSR count). The zero-order valence-corrected chi connectivity index (χ0v) is 15.8. The topological polar surface area (TPSA) is 92.1 Å². The van der Waals surface area contributed by atoms with Crippen molar-refractivity contribution in [2.45, 2.75) is 6.92 Å². The van der Waals surface area contributed by atoms with Gasteiger partial charge in [0.05, 0.1) is 24.9 Å². The number of nitriles is 1. The summed E-state index contributed by atoms with van der Waals surface area (Å²) in [6.07, 6.45) is 0. The third-order valence-corrected chi connectivity index (χ3v) is 3.88. The first-order chi connectivity index (χ1) is 13.7. The minimum atomic E-state index is 0.482. The molecular weight excluding hydrogens is 354 g/mol. The molecule has 2 aromatic carbocycles. The molecule has 28 heavy (non-hydrogen) atoms. The fraction of sp³-hybridized carbons (Fsp3) is 0.190. The standard InChI is InChI=1S/C21H21N5O2/c1-15-24-20(23-11-12-28-18-9-7-17(27-2)8-10-18)13-21(25-15)26-19-6-4-3-5-16(19)14-22/h3-10,13H,11-12H2,1-2H3,(H2,23,24,25,26). The number of nitrogens with one attached hydrogen (secondary N) is 2. The fourth-order valence-corrected chi connectivity index (χ4v) is 2.57. The fourth-order valence-electron chi connectivity index (χ4n) is 2.57. The van der Waals surface area contributed by atoms with Gasteiger partial charge < -0.3 is 20.1 Å². The molecule has 2 N–H and O–H groups in total. The van der Waals surface area contributed by atoms with E-state index in [1.54, 1.807) is 19.2 Å². The molecule has 0 aliphatic carbocycles. The third kappa shape index (κ3) is 5.11. The van der Waals surface area contributed by atoms with E-state index in [4.69, 9.17) is 9.47 Å². The van der Waals surface area contributed by atoms with Crippen molar-refractivity contribution in [1.29, 1.82) is 5.26 Å². The van der Waals surface area contributed by atoms with Crippen LogP contribution < -0.4 is 20.1 Å². The second kappa shape index (κ2) is 9.24. The molecular formula is C21H21N5O2. The Labute approximate surface area is 164 Å². The van der Waals surface area contributed by atoms with Gasteiger partial charge in [0.15, 0.2) is 0 Å². The largest absolute Gasteiger partial charge is 0.497 e. The summed E-state index contributed by atoms with van der Waals surface area (Å²) in [7, 11) is 1.63. The predicted molar refractivity (Wildman–Crippen MR) is 108 cm³/mol. The highest BCUT2D eigenvalue weighted by Gasteiger charge is 2.05. The molecule has 7 heteroatoms. The van der Waals surface area contributed by atoms with Crippen LogP contribution in [0.2, 0.25) is 0 Å². The van der Waals surface area contributed by atoms with Gasteiger partial charge in [0.2, 0.25) is 0 Å². The van der Waals surface area contributed by atoms with E-state index in [0.717, 1.165) is 11.5 Å². The summed E-state index contributed by atoms with van der Waals surface area (Å²) in [6, 6.07) is 18.7. The zero-order chi connectivity index (χ0) is 19.8. The molecule has 3 aromatic rings. The monoisotopic (exact) mass is 375 g/mol. The summed E-state index contributed by atoms with van der Waals surface area (Å²) in [5.41, 5.74) is 1.26. The van der Waals surface area contributed by atoms with Crippen LogP contribution in [0.3, 0.4) is 0 Å². The Morgan fingerprint density at radius 3 is 2.46 bits per heavy atom. The highest BCUT2D eigenvalue weighted by Crippen LogP contribution is 2.21. The van der Waals surface area contributed by atoms with Crippen LogP contribution in [0.25, 0.3) is 0 Å². The highest BCUT2D eigenvalue weighted by atomic mass is 16.5. The van der Waals surface area contributed by atoms with Gasteiger partial charge in [0.1, 0.15) is 41.6 Å². The van der Waals surface area contributed by atoms with Crippen molar-refractivity contribution in [1.82, 2.24) is 9.97 Å². The second-order valence-electron chi connectivity index (χ2n) is 5.92. The lowest BCUT2D eigenvalue weighted by atomic mass is 10.2. The number of aromatic nitrogens is 2. The van der Waals surface area contributed by atoms with E-state index < -0.39 is 0 Å². The first kappa shape index (κ1) is 19.0. The number of rotatable bonds is 8. The van der Waals surface area contributed by atoms with Crippen molar-refractivity contribution >= 4 is 17.3 Å². The van der Waals surface area contributed by atoms with Crippen molar-refractivity contribution in [2.24, 2.45) is 0 Å². The van der Waals surface area contributed by atoms with Gasteiger partial charge in [0.25, 0.3) is 0 Å². The molecule has 0 unspecified atom stereocenters. The van der Waals surface area contributed by atoms with Crippen LogP contribution in [0, 0.1) is 18.3 Å². The Morgan fingerprint density at radius 2 is 1.71 bits per heavy atom. The lowest BCUT2D eigenvalue weighted by Crippen LogP contribution is -2.13. The second-order valence-corrected chi connectivity index (χ2v) is 5.92. The first-order valence-corrected chi connectivity index (χ1v) is 8.80. The number of ether oxygens (including phenoxy) is 2. The van der Waals surface area contributed by atoms with E-state index in [9.17, 15) is 5.26 Å². The number of anilines is 3. The number of hydrogen-bond donors (Lipinski definition) is 2. The summed E-state index contributed by atoms with van der Waals surface area (Å²) in [5.74, 6) is 3.49. The Kier molecular flexibility index (Phi) is 6.26. The molecule has 142 valence electrons. The van der Waals surface area contributed by atoms with Crippen LogP contribution in [0.5, 0.6) is 11.5 Å². The Balaban J connectivity index is 1.58. The first-order valence-electron chi connectivity index (χ1n) is 8.80. The van der Waals surface area contributed by atoms with Crippen molar-refractivity contribution in [3.63, 3.8) is 0 Å². The lowest BCUT2D eigenvalue weighted by molar-refractivity contribution is 0.331. The molecule has 0 aliphatic rings. The SMILES string of the molecule is COc1ccc(OCCNc2cc(Nc3ccccc3C#N)nc(C)n2)cc1. The average molecular weight is 375 g/mol. The smallest absolute Gasteiger partial charge is 0.136 e. The number of aryl methyl sites for hydroxylation is 1. The van der Waals surface area contributed by atoms with Crippen LogP contribution in [0.1, 0.15) is 11.4 Å². The molecule has 0 spiro atoms. The van der Waals surface area contributed by atoms with Crippen LogP contribution in [0.4, 0.5) is 17.3 Å². The minimum Gasteiger partial charge on any atom is -0.497 e.